The second-order valence-corrected chi connectivity index (χ2v) is 4.42. The van der Waals surface area contributed by atoms with E-state index < -0.39 is 5.97 Å². The van der Waals surface area contributed by atoms with Crippen LogP contribution in [0.1, 0.15) is 10.4 Å². The van der Waals surface area contributed by atoms with Gasteiger partial charge in [0.25, 0.3) is 0 Å². The third-order valence-electron chi connectivity index (χ3n) is 2.77. The van der Waals surface area contributed by atoms with Crippen molar-refractivity contribution in [3.8, 4) is 0 Å². The van der Waals surface area contributed by atoms with Gasteiger partial charge in [0, 0.05) is 18.4 Å². The van der Waals surface area contributed by atoms with E-state index in [2.05, 4.69) is 0 Å². The molecule has 2 aromatic carbocycles. The van der Waals surface area contributed by atoms with Crippen LogP contribution in [0.15, 0.2) is 42.5 Å². The Labute approximate surface area is 114 Å². The summed E-state index contributed by atoms with van der Waals surface area (Å²) in [4.78, 5) is 12.6. The van der Waals surface area contributed by atoms with Crippen molar-refractivity contribution in [2.45, 2.75) is 0 Å². The number of hydrogen-bond donors (Lipinski definition) is 1. The monoisotopic (exact) mass is 279 g/mol. The van der Waals surface area contributed by atoms with Gasteiger partial charge >= 0.3 is 5.97 Å². The van der Waals surface area contributed by atoms with Crippen LogP contribution in [0.3, 0.4) is 0 Å². The van der Waals surface area contributed by atoms with E-state index in [1.807, 2.05) is 0 Å². The molecule has 19 heavy (non-hydrogen) atoms. The SMILES string of the molecule is CN(c1cccc(F)c1)c1ccc(C(=O)O)c(Cl)c1. The van der Waals surface area contributed by atoms with Crippen molar-refractivity contribution in [2.75, 3.05) is 11.9 Å². The van der Waals surface area contributed by atoms with E-state index in [-0.39, 0.29) is 16.4 Å². The minimum Gasteiger partial charge on any atom is -0.478 e. The number of halogens is 2. The lowest BCUT2D eigenvalue weighted by Crippen LogP contribution is -2.10. The minimum atomic E-state index is -1.08. The average Bonchev–Trinajstić information content (AvgIpc) is 2.37. The smallest absolute Gasteiger partial charge is 0.337 e. The number of aromatic carboxylic acids is 1. The van der Waals surface area contributed by atoms with E-state index >= 15 is 0 Å². The molecule has 2 rings (SSSR count). The number of rotatable bonds is 3. The summed E-state index contributed by atoms with van der Waals surface area (Å²) in [5.41, 5.74) is 1.37. The lowest BCUT2D eigenvalue weighted by Gasteiger charge is -2.20. The Morgan fingerprint density at radius 3 is 2.47 bits per heavy atom. The van der Waals surface area contributed by atoms with E-state index in [0.29, 0.717) is 11.4 Å². The number of hydrogen-bond acceptors (Lipinski definition) is 2. The molecule has 98 valence electrons. The molecule has 0 unspecified atom stereocenters. The van der Waals surface area contributed by atoms with Crippen LogP contribution in [-0.4, -0.2) is 18.1 Å². The lowest BCUT2D eigenvalue weighted by atomic mass is 10.2. The van der Waals surface area contributed by atoms with Crippen molar-refractivity contribution >= 4 is 28.9 Å². The summed E-state index contributed by atoms with van der Waals surface area (Å²) < 4.78 is 13.2. The second-order valence-electron chi connectivity index (χ2n) is 4.01. The molecule has 0 aliphatic carbocycles. The predicted molar refractivity (Wildman–Crippen MR) is 72.9 cm³/mol. The maximum absolute atomic E-state index is 13.2. The largest absolute Gasteiger partial charge is 0.478 e. The van der Waals surface area contributed by atoms with Gasteiger partial charge in [-0.05, 0) is 36.4 Å². The Bertz CT molecular complexity index is 631. The molecular formula is C14H11ClFNO2. The zero-order chi connectivity index (χ0) is 14.0. The van der Waals surface area contributed by atoms with Crippen LogP contribution in [0.25, 0.3) is 0 Å². The van der Waals surface area contributed by atoms with Gasteiger partial charge in [-0.3, -0.25) is 0 Å². The molecule has 0 spiro atoms. The van der Waals surface area contributed by atoms with E-state index in [0.717, 1.165) is 0 Å². The van der Waals surface area contributed by atoms with Crippen molar-refractivity contribution in [3.63, 3.8) is 0 Å². The van der Waals surface area contributed by atoms with Crippen LogP contribution in [0, 0.1) is 5.82 Å². The van der Waals surface area contributed by atoms with Crippen molar-refractivity contribution in [1.29, 1.82) is 0 Å². The highest BCUT2D eigenvalue weighted by Gasteiger charge is 2.11. The van der Waals surface area contributed by atoms with Crippen LogP contribution in [-0.2, 0) is 0 Å². The molecule has 0 aromatic heterocycles. The first-order valence-corrected chi connectivity index (χ1v) is 5.89. The van der Waals surface area contributed by atoms with Crippen LogP contribution >= 0.6 is 11.6 Å². The molecule has 0 fully saturated rings. The Balaban J connectivity index is 2.37. The summed E-state index contributed by atoms with van der Waals surface area (Å²) >= 11 is 5.91. The second kappa shape index (κ2) is 5.28. The quantitative estimate of drug-likeness (QED) is 0.925. The van der Waals surface area contributed by atoms with E-state index in [4.69, 9.17) is 16.7 Å². The third kappa shape index (κ3) is 2.85. The zero-order valence-corrected chi connectivity index (χ0v) is 10.9. The number of carboxylic acids is 1. The van der Waals surface area contributed by atoms with Crippen molar-refractivity contribution in [1.82, 2.24) is 0 Å². The fourth-order valence-electron chi connectivity index (χ4n) is 1.72. The van der Waals surface area contributed by atoms with Gasteiger partial charge in [-0.1, -0.05) is 17.7 Å². The number of nitrogens with zero attached hydrogens (tertiary/aromatic N) is 1. The van der Waals surface area contributed by atoms with Crippen molar-refractivity contribution < 1.29 is 14.3 Å². The highest BCUT2D eigenvalue weighted by molar-refractivity contribution is 6.33. The Morgan fingerprint density at radius 1 is 1.21 bits per heavy atom. The fraction of sp³-hybridized carbons (Fsp3) is 0.0714. The fourth-order valence-corrected chi connectivity index (χ4v) is 1.98. The molecule has 5 heteroatoms. The summed E-state index contributed by atoms with van der Waals surface area (Å²) in [6.07, 6.45) is 0. The summed E-state index contributed by atoms with van der Waals surface area (Å²) in [6.45, 7) is 0. The summed E-state index contributed by atoms with van der Waals surface area (Å²) in [7, 11) is 1.75. The first-order valence-electron chi connectivity index (χ1n) is 5.51. The third-order valence-corrected chi connectivity index (χ3v) is 3.08. The van der Waals surface area contributed by atoms with Crippen LogP contribution in [0.4, 0.5) is 15.8 Å². The van der Waals surface area contributed by atoms with E-state index in [9.17, 15) is 9.18 Å². The molecule has 0 amide bonds. The molecule has 1 N–H and O–H groups in total. The number of carbonyl (C=O) groups is 1. The molecule has 0 aliphatic rings. The summed E-state index contributed by atoms with van der Waals surface area (Å²) in [5, 5.41) is 9.05. The van der Waals surface area contributed by atoms with Crippen molar-refractivity contribution in [3.05, 3.63) is 58.9 Å². The minimum absolute atomic E-state index is 0.0399. The van der Waals surface area contributed by atoms with Crippen LogP contribution in [0.5, 0.6) is 0 Å². The molecule has 0 atom stereocenters. The highest BCUT2D eigenvalue weighted by atomic mass is 35.5. The van der Waals surface area contributed by atoms with Gasteiger partial charge < -0.3 is 10.0 Å². The van der Waals surface area contributed by atoms with Gasteiger partial charge in [0.15, 0.2) is 0 Å². The molecule has 3 nitrogen and oxygen atoms in total. The molecular weight excluding hydrogens is 269 g/mol. The number of anilines is 2. The summed E-state index contributed by atoms with van der Waals surface area (Å²) in [5.74, 6) is -1.41. The van der Waals surface area contributed by atoms with Crippen molar-refractivity contribution in [2.24, 2.45) is 0 Å². The molecule has 0 heterocycles. The Morgan fingerprint density at radius 2 is 1.89 bits per heavy atom. The highest BCUT2D eigenvalue weighted by Crippen LogP contribution is 2.28. The number of benzene rings is 2. The van der Waals surface area contributed by atoms with Gasteiger partial charge in [-0.15, -0.1) is 0 Å². The maximum Gasteiger partial charge on any atom is 0.337 e. The molecule has 2 aromatic rings. The molecule has 0 saturated carbocycles. The normalized spacial score (nSPS) is 10.3. The van der Waals surface area contributed by atoms with E-state index in [1.165, 1.54) is 24.3 Å². The lowest BCUT2D eigenvalue weighted by molar-refractivity contribution is 0.0697. The van der Waals surface area contributed by atoms with Crippen LogP contribution in [0.2, 0.25) is 5.02 Å². The maximum atomic E-state index is 13.2. The molecule has 0 radical (unpaired) electrons. The van der Waals surface area contributed by atoms with Gasteiger partial charge in [-0.2, -0.15) is 0 Å². The van der Waals surface area contributed by atoms with Gasteiger partial charge in [0.2, 0.25) is 0 Å². The summed E-state index contributed by atoms with van der Waals surface area (Å²) in [6, 6.07) is 10.7. The predicted octanol–water partition coefficient (Wildman–Crippen LogP) is 3.95. The average molecular weight is 280 g/mol. The number of carboxylic acid groups (broad SMARTS) is 1. The van der Waals surface area contributed by atoms with E-state index in [1.54, 1.807) is 30.1 Å². The standard InChI is InChI=1S/C14H11ClFNO2/c1-17(10-4-2-3-9(16)7-10)11-5-6-12(14(18)19)13(15)8-11/h2-8H,1H3,(H,18,19). The van der Waals surface area contributed by atoms with Gasteiger partial charge in [-0.25, -0.2) is 9.18 Å². The van der Waals surface area contributed by atoms with Crippen LogP contribution < -0.4 is 4.90 Å². The molecule has 0 saturated heterocycles. The Hall–Kier alpha value is -2.07. The first kappa shape index (κ1) is 13.4. The zero-order valence-electron chi connectivity index (χ0n) is 10.1. The van der Waals surface area contributed by atoms with Gasteiger partial charge in [0.1, 0.15) is 5.82 Å². The topological polar surface area (TPSA) is 40.5 Å². The first-order chi connectivity index (χ1) is 8.99. The van der Waals surface area contributed by atoms with Gasteiger partial charge in [0.05, 0.1) is 10.6 Å². The Kier molecular flexibility index (Phi) is 3.71. The molecule has 0 aliphatic heterocycles. The molecule has 0 bridgehead atoms.